The van der Waals surface area contributed by atoms with E-state index in [-0.39, 0.29) is 24.5 Å². The van der Waals surface area contributed by atoms with E-state index in [0.29, 0.717) is 18.7 Å². The summed E-state index contributed by atoms with van der Waals surface area (Å²) in [6, 6.07) is 22.7. The van der Waals surface area contributed by atoms with E-state index >= 15 is 0 Å². The summed E-state index contributed by atoms with van der Waals surface area (Å²) in [5.41, 5.74) is 4.05. The van der Waals surface area contributed by atoms with Crippen LogP contribution in [0, 0.1) is 13.8 Å². The lowest BCUT2D eigenvalue weighted by atomic mass is 10.0. The molecule has 0 aliphatic heterocycles. The summed E-state index contributed by atoms with van der Waals surface area (Å²) in [6.07, 6.45) is 0.408. The summed E-state index contributed by atoms with van der Waals surface area (Å²) in [6.45, 7) is 7.97. The van der Waals surface area contributed by atoms with Gasteiger partial charge < -0.3 is 15.0 Å². The smallest absolute Gasteiger partial charge is 0.261 e. The van der Waals surface area contributed by atoms with Crippen molar-refractivity contribution >= 4 is 27.7 Å². The molecule has 0 radical (unpaired) electrons. The van der Waals surface area contributed by atoms with Crippen molar-refractivity contribution in [1.82, 2.24) is 10.2 Å². The number of halogens is 1. The minimum atomic E-state index is -0.682. The zero-order valence-electron chi connectivity index (χ0n) is 20.8. The highest BCUT2D eigenvalue weighted by atomic mass is 79.9. The summed E-state index contributed by atoms with van der Waals surface area (Å²) >= 11 is 3.46. The summed E-state index contributed by atoms with van der Waals surface area (Å²) in [5.74, 6) is 0.221. The molecule has 5 nitrogen and oxygen atoms in total. The summed E-state index contributed by atoms with van der Waals surface area (Å²) < 4.78 is 6.85. The largest absolute Gasteiger partial charge is 0.484 e. The van der Waals surface area contributed by atoms with Crippen molar-refractivity contribution in [2.75, 3.05) is 6.61 Å². The molecule has 0 aliphatic rings. The van der Waals surface area contributed by atoms with Gasteiger partial charge in [0, 0.05) is 23.5 Å². The third-order valence-electron chi connectivity index (χ3n) is 5.53. The fraction of sp³-hybridized carbons (Fsp3) is 0.310. The number of nitrogens with one attached hydrogen (secondary N) is 1. The number of aryl methyl sites for hydroxylation is 2. The molecule has 0 unspecified atom stereocenters. The number of nitrogens with zero attached hydrogens (tertiary/aromatic N) is 1. The molecule has 0 saturated carbocycles. The zero-order chi connectivity index (χ0) is 25.4. The van der Waals surface area contributed by atoms with Gasteiger partial charge in [-0.25, -0.2) is 0 Å². The van der Waals surface area contributed by atoms with Crippen molar-refractivity contribution in [3.05, 3.63) is 99.5 Å². The SMILES string of the molecule is Cc1cc(C)cc(OCC(=O)N(Cc2ccc(Br)cc2)[C@@H](Cc2ccccc2)C(=O)NC(C)C)c1. The molecule has 0 aliphatic carbocycles. The summed E-state index contributed by atoms with van der Waals surface area (Å²) in [7, 11) is 0. The Balaban J connectivity index is 1.91. The number of hydrogen-bond acceptors (Lipinski definition) is 3. The molecule has 3 rings (SSSR count). The van der Waals surface area contributed by atoms with Crippen molar-refractivity contribution in [2.45, 2.75) is 52.7 Å². The Kier molecular flexibility index (Phi) is 9.49. The van der Waals surface area contributed by atoms with E-state index in [4.69, 9.17) is 4.74 Å². The second-order valence-corrected chi connectivity index (χ2v) is 10.0. The third-order valence-corrected chi connectivity index (χ3v) is 6.05. The van der Waals surface area contributed by atoms with Gasteiger partial charge in [-0.2, -0.15) is 0 Å². The Morgan fingerprint density at radius 3 is 2.14 bits per heavy atom. The maximum absolute atomic E-state index is 13.6. The molecule has 1 atom stereocenters. The van der Waals surface area contributed by atoms with E-state index in [1.165, 1.54) is 0 Å². The quantitative estimate of drug-likeness (QED) is 0.366. The third kappa shape index (κ3) is 8.25. The van der Waals surface area contributed by atoms with E-state index in [1.807, 2.05) is 94.4 Å². The first kappa shape index (κ1) is 26.5. The molecule has 1 N–H and O–H groups in total. The van der Waals surface area contributed by atoms with Gasteiger partial charge in [0.05, 0.1) is 0 Å². The molecule has 3 aromatic rings. The highest BCUT2D eigenvalue weighted by Crippen LogP contribution is 2.19. The highest BCUT2D eigenvalue weighted by Gasteiger charge is 2.31. The van der Waals surface area contributed by atoms with Gasteiger partial charge in [0.2, 0.25) is 5.91 Å². The van der Waals surface area contributed by atoms with Gasteiger partial charge in [0.25, 0.3) is 5.91 Å². The molecule has 3 aromatic carbocycles. The maximum Gasteiger partial charge on any atom is 0.261 e. The van der Waals surface area contributed by atoms with Crippen LogP contribution >= 0.6 is 15.9 Å². The predicted molar refractivity (Wildman–Crippen MR) is 143 cm³/mol. The van der Waals surface area contributed by atoms with Gasteiger partial charge >= 0.3 is 0 Å². The molecule has 0 saturated heterocycles. The second kappa shape index (κ2) is 12.5. The van der Waals surface area contributed by atoms with Gasteiger partial charge in [0.15, 0.2) is 6.61 Å². The van der Waals surface area contributed by atoms with Gasteiger partial charge in [0.1, 0.15) is 11.8 Å². The fourth-order valence-corrected chi connectivity index (χ4v) is 4.23. The van der Waals surface area contributed by atoms with Gasteiger partial charge in [-0.05, 0) is 74.2 Å². The lowest BCUT2D eigenvalue weighted by Gasteiger charge is -2.32. The molecular formula is C29H33BrN2O3. The Hall–Kier alpha value is -3.12. The van der Waals surface area contributed by atoms with Crippen LogP contribution < -0.4 is 10.1 Å². The van der Waals surface area contributed by atoms with Crippen molar-refractivity contribution in [1.29, 1.82) is 0 Å². The minimum absolute atomic E-state index is 0.0445. The van der Waals surface area contributed by atoms with Crippen LogP contribution in [0.5, 0.6) is 5.75 Å². The monoisotopic (exact) mass is 536 g/mol. The fourth-order valence-electron chi connectivity index (χ4n) is 3.97. The van der Waals surface area contributed by atoms with Crippen LogP contribution in [-0.2, 0) is 22.6 Å². The number of carbonyl (C=O) groups is 2. The van der Waals surface area contributed by atoms with Gasteiger partial charge in [-0.15, -0.1) is 0 Å². The molecular weight excluding hydrogens is 504 g/mol. The number of benzene rings is 3. The lowest BCUT2D eigenvalue weighted by molar-refractivity contribution is -0.143. The number of amides is 2. The van der Waals surface area contributed by atoms with Crippen LogP contribution in [0.2, 0.25) is 0 Å². The molecule has 184 valence electrons. The first-order valence-electron chi connectivity index (χ1n) is 11.8. The molecule has 0 heterocycles. The lowest BCUT2D eigenvalue weighted by Crippen LogP contribution is -2.52. The highest BCUT2D eigenvalue weighted by molar-refractivity contribution is 9.10. The van der Waals surface area contributed by atoms with Crippen molar-refractivity contribution < 1.29 is 14.3 Å². The second-order valence-electron chi connectivity index (χ2n) is 9.13. The minimum Gasteiger partial charge on any atom is -0.484 e. The average molecular weight is 537 g/mol. The van der Waals surface area contributed by atoms with Crippen LogP contribution in [-0.4, -0.2) is 35.4 Å². The average Bonchev–Trinajstić information content (AvgIpc) is 2.80. The van der Waals surface area contributed by atoms with E-state index in [2.05, 4.69) is 27.3 Å². The Bertz CT molecular complexity index is 1110. The first-order valence-corrected chi connectivity index (χ1v) is 12.6. The normalized spacial score (nSPS) is 11.7. The zero-order valence-corrected chi connectivity index (χ0v) is 22.3. The maximum atomic E-state index is 13.6. The Labute approximate surface area is 216 Å². The predicted octanol–water partition coefficient (Wildman–Crippen LogP) is 5.61. The molecule has 35 heavy (non-hydrogen) atoms. The van der Waals surface area contributed by atoms with Gasteiger partial charge in [-0.1, -0.05) is 64.5 Å². The molecule has 6 heteroatoms. The molecule has 0 bridgehead atoms. The van der Waals surface area contributed by atoms with Crippen LogP contribution in [0.3, 0.4) is 0 Å². The topological polar surface area (TPSA) is 58.6 Å². The summed E-state index contributed by atoms with van der Waals surface area (Å²) in [4.78, 5) is 28.6. The van der Waals surface area contributed by atoms with Crippen LogP contribution in [0.25, 0.3) is 0 Å². The van der Waals surface area contributed by atoms with Crippen molar-refractivity contribution in [3.8, 4) is 5.75 Å². The van der Waals surface area contributed by atoms with Crippen LogP contribution in [0.15, 0.2) is 77.3 Å². The molecule has 2 amide bonds. The Morgan fingerprint density at radius 2 is 1.54 bits per heavy atom. The number of ether oxygens (including phenoxy) is 1. The van der Waals surface area contributed by atoms with E-state index in [0.717, 1.165) is 26.7 Å². The number of rotatable bonds is 10. The van der Waals surface area contributed by atoms with Gasteiger partial charge in [-0.3, -0.25) is 9.59 Å². The first-order chi connectivity index (χ1) is 16.7. The molecule has 0 spiro atoms. The van der Waals surface area contributed by atoms with Crippen LogP contribution in [0.4, 0.5) is 0 Å². The Morgan fingerprint density at radius 1 is 0.914 bits per heavy atom. The van der Waals surface area contributed by atoms with E-state index in [9.17, 15) is 9.59 Å². The standard InChI is InChI=1S/C29H33BrN2O3/c1-20(2)31-29(34)27(17-23-8-6-5-7-9-23)32(18-24-10-12-25(30)13-11-24)28(33)19-35-26-15-21(3)14-22(4)16-26/h5-16,20,27H,17-19H2,1-4H3,(H,31,34)/t27-/m0/s1. The van der Waals surface area contributed by atoms with E-state index < -0.39 is 6.04 Å². The molecule has 0 fully saturated rings. The summed E-state index contributed by atoms with van der Waals surface area (Å²) in [5, 5.41) is 3.00. The van der Waals surface area contributed by atoms with Crippen molar-refractivity contribution in [3.63, 3.8) is 0 Å². The molecule has 0 aromatic heterocycles. The number of hydrogen-bond donors (Lipinski definition) is 1. The van der Waals surface area contributed by atoms with E-state index in [1.54, 1.807) is 4.90 Å². The number of carbonyl (C=O) groups excluding carboxylic acids is 2. The van der Waals surface area contributed by atoms with Crippen LogP contribution in [0.1, 0.15) is 36.1 Å². The van der Waals surface area contributed by atoms with Crippen molar-refractivity contribution in [2.24, 2.45) is 0 Å².